The molecule has 0 radical (unpaired) electrons. The van der Waals surface area contributed by atoms with E-state index in [0.29, 0.717) is 0 Å². The number of anilines is 1. The van der Waals surface area contributed by atoms with Gasteiger partial charge in [-0.3, -0.25) is 0 Å². The van der Waals surface area contributed by atoms with Crippen LogP contribution in [0.25, 0.3) is 11.0 Å². The lowest BCUT2D eigenvalue weighted by Gasteiger charge is -2.33. The zero-order valence-corrected chi connectivity index (χ0v) is 13.4. The van der Waals surface area contributed by atoms with Gasteiger partial charge in [0.1, 0.15) is 0 Å². The number of halogens is 1. The number of aromatic nitrogens is 2. The Kier molecular flexibility index (Phi) is 3.00. The quantitative estimate of drug-likeness (QED) is 0.800. The number of nitrogens with zero attached hydrogens (tertiary/aromatic N) is 4. The molecule has 2 aromatic rings. The van der Waals surface area contributed by atoms with Crippen molar-refractivity contribution in [3.63, 3.8) is 0 Å². The van der Waals surface area contributed by atoms with Gasteiger partial charge in [0, 0.05) is 37.2 Å². The summed E-state index contributed by atoms with van der Waals surface area (Å²) < 4.78 is 3.67. The fraction of sp³-hybridized carbons (Fsp3) is 0.533. The van der Waals surface area contributed by atoms with Gasteiger partial charge in [0.25, 0.3) is 0 Å². The molecule has 0 N–H and O–H groups in total. The third-order valence-electron chi connectivity index (χ3n) is 4.53. The van der Waals surface area contributed by atoms with Gasteiger partial charge >= 0.3 is 0 Å². The maximum atomic E-state index is 4.92. The van der Waals surface area contributed by atoms with Crippen molar-refractivity contribution in [2.45, 2.75) is 19.4 Å². The fourth-order valence-electron chi connectivity index (χ4n) is 3.37. The number of rotatable bonds is 1. The number of aryl methyl sites for hydroxylation is 2. The Morgan fingerprint density at radius 2 is 1.90 bits per heavy atom. The van der Waals surface area contributed by atoms with E-state index in [9.17, 15) is 0 Å². The van der Waals surface area contributed by atoms with Gasteiger partial charge in [-0.25, -0.2) is 4.98 Å². The Balaban J connectivity index is 1.83. The minimum atomic E-state index is 1.08. The van der Waals surface area contributed by atoms with Crippen LogP contribution in [0.15, 0.2) is 16.6 Å². The van der Waals surface area contributed by atoms with E-state index in [2.05, 4.69) is 49.5 Å². The molecule has 5 heteroatoms. The molecule has 2 aliphatic heterocycles. The van der Waals surface area contributed by atoms with Crippen LogP contribution in [0.2, 0.25) is 0 Å². The van der Waals surface area contributed by atoms with Crippen LogP contribution in [0.4, 0.5) is 5.95 Å². The summed E-state index contributed by atoms with van der Waals surface area (Å²) in [7, 11) is 2.19. The summed E-state index contributed by atoms with van der Waals surface area (Å²) in [6.45, 7) is 5.51. The second kappa shape index (κ2) is 4.74. The molecule has 20 heavy (non-hydrogen) atoms. The summed E-state index contributed by atoms with van der Waals surface area (Å²) in [4.78, 5) is 9.76. The molecule has 0 spiro atoms. The zero-order valence-electron chi connectivity index (χ0n) is 11.8. The highest BCUT2D eigenvalue weighted by Crippen LogP contribution is 2.34. The standard InChI is InChI=1S/C15H19BrN4/c1-18-7-9-19(10-8-18)15-17-13-5-4-12(16)11-3-2-6-20(15)14(11)13/h4-5H,2-3,6-10H2,1H3. The van der Waals surface area contributed by atoms with Gasteiger partial charge < -0.3 is 14.4 Å². The van der Waals surface area contributed by atoms with Crippen LogP contribution in [0.5, 0.6) is 0 Å². The fourth-order valence-corrected chi connectivity index (χ4v) is 3.89. The third kappa shape index (κ3) is 1.87. The Morgan fingerprint density at radius 1 is 1.10 bits per heavy atom. The normalized spacial score (nSPS) is 19.8. The van der Waals surface area contributed by atoms with Crippen molar-refractivity contribution in [3.05, 3.63) is 22.2 Å². The zero-order chi connectivity index (χ0) is 13.7. The maximum absolute atomic E-state index is 4.92. The van der Waals surface area contributed by atoms with Gasteiger partial charge in [0.15, 0.2) is 0 Å². The molecule has 1 saturated heterocycles. The minimum Gasteiger partial charge on any atom is -0.340 e. The van der Waals surface area contributed by atoms with Gasteiger partial charge in [-0.05, 0) is 37.6 Å². The molecule has 0 atom stereocenters. The number of benzene rings is 1. The van der Waals surface area contributed by atoms with E-state index in [1.807, 2.05) is 0 Å². The summed E-state index contributed by atoms with van der Waals surface area (Å²) in [6, 6.07) is 4.29. The molecule has 0 bridgehead atoms. The number of imidazole rings is 1. The van der Waals surface area contributed by atoms with E-state index in [1.54, 1.807) is 0 Å². The molecule has 106 valence electrons. The lowest BCUT2D eigenvalue weighted by molar-refractivity contribution is 0.310. The van der Waals surface area contributed by atoms with Crippen molar-refractivity contribution in [2.75, 3.05) is 38.1 Å². The summed E-state index contributed by atoms with van der Waals surface area (Å²) in [6.07, 6.45) is 2.37. The highest BCUT2D eigenvalue weighted by molar-refractivity contribution is 9.10. The van der Waals surface area contributed by atoms with Crippen LogP contribution in [0, 0.1) is 0 Å². The molecule has 0 aliphatic carbocycles. The molecule has 0 amide bonds. The van der Waals surface area contributed by atoms with E-state index in [4.69, 9.17) is 4.98 Å². The van der Waals surface area contributed by atoms with Gasteiger partial charge in [0.05, 0.1) is 11.0 Å². The molecule has 4 nitrogen and oxygen atoms in total. The van der Waals surface area contributed by atoms with E-state index in [0.717, 1.165) is 44.7 Å². The van der Waals surface area contributed by atoms with Crippen LogP contribution in [-0.4, -0.2) is 47.7 Å². The monoisotopic (exact) mass is 334 g/mol. The van der Waals surface area contributed by atoms with Gasteiger partial charge in [-0.15, -0.1) is 0 Å². The van der Waals surface area contributed by atoms with Crippen molar-refractivity contribution >= 4 is 32.9 Å². The Labute approximate surface area is 127 Å². The minimum absolute atomic E-state index is 1.08. The molecular formula is C15H19BrN4. The topological polar surface area (TPSA) is 24.3 Å². The van der Waals surface area contributed by atoms with Crippen LogP contribution in [-0.2, 0) is 13.0 Å². The second-order valence-electron chi connectivity index (χ2n) is 5.85. The molecule has 0 unspecified atom stereocenters. The van der Waals surface area contributed by atoms with Gasteiger partial charge in [0.2, 0.25) is 5.95 Å². The molecule has 2 aliphatic rings. The van der Waals surface area contributed by atoms with E-state index < -0.39 is 0 Å². The predicted octanol–water partition coefficient (Wildman–Crippen LogP) is 2.50. The number of likely N-dealkylation sites (N-methyl/N-ethyl adjacent to an activating group) is 1. The maximum Gasteiger partial charge on any atom is 0.206 e. The molecular weight excluding hydrogens is 316 g/mol. The molecule has 1 aromatic carbocycles. The highest BCUT2D eigenvalue weighted by Gasteiger charge is 2.24. The third-order valence-corrected chi connectivity index (χ3v) is 5.27. The van der Waals surface area contributed by atoms with E-state index in [-0.39, 0.29) is 0 Å². The number of piperazine rings is 1. The average Bonchev–Trinajstić information content (AvgIpc) is 2.84. The van der Waals surface area contributed by atoms with Crippen LogP contribution in [0.3, 0.4) is 0 Å². The first-order valence-electron chi connectivity index (χ1n) is 7.35. The van der Waals surface area contributed by atoms with Crippen molar-refractivity contribution in [1.82, 2.24) is 14.5 Å². The van der Waals surface area contributed by atoms with Crippen molar-refractivity contribution in [2.24, 2.45) is 0 Å². The van der Waals surface area contributed by atoms with Crippen LogP contribution < -0.4 is 4.90 Å². The molecule has 1 aromatic heterocycles. The van der Waals surface area contributed by atoms with Crippen LogP contribution >= 0.6 is 15.9 Å². The van der Waals surface area contributed by atoms with E-state index in [1.165, 1.54) is 27.9 Å². The molecule has 1 fully saturated rings. The first-order valence-corrected chi connectivity index (χ1v) is 8.14. The van der Waals surface area contributed by atoms with Crippen molar-refractivity contribution in [3.8, 4) is 0 Å². The Bertz CT molecular complexity index is 655. The summed E-state index contributed by atoms with van der Waals surface area (Å²) >= 11 is 3.70. The van der Waals surface area contributed by atoms with E-state index >= 15 is 0 Å². The molecule has 3 heterocycles. The second-order valence-corrected chi connectivity index (χ2v) is 6.71. The smallest absolute Gasteiger partial charge is 0.206 e. The first-order chi connectivity index (χ1) is 9.74. The van der Waals surface area contributed by atoms with Gasteiger partial charge in [-0.2, -0.15) is 0 Å². The van der Waals surface area contributed by atoms with Crippen LogP contribution in [0.1, 0.15) is 12.0 Å². The summed E-state index contributed by atoms with van der Waals surface area (Å²) in [5.41, 5.74) is 3.93. The largest absolute Gasteiger partial charge is 0.340 e. The lowest BCUT2D eigenvalue weighted by atomic mass is 10.0. The van der Waals surface area contributed by atoms with Crippen molar-refractivity contribution < 1.29 is 0 Å². The average molecular weight is 335 g/mol. The summed E-state index contributed by atoms with van der Waals surface area (Å²) in [5.74, 6) is 1.17. The molecule has 0 saturated carbocycles. The summed E-state index contributed by atoms with van der Waals surface area (Å²) in [5, 5.41) is 0. The van der Waals surface area contributed by atoms with Crippen molar-refractivity contribution in [1.29, 1.82) is 0 Å². The first kappa shape index (κ1) is 12.7. The lowest BCUT2D eigenvalue weighted by Crippen LogP contribution is -2.45. The Hall–Kier alpha value is -1.07. The Morgan fingerprint density at radius 3 is 2.70 bits per heavy atom. The SMILES string of the molecule is CN1CCN(c2nc3ccc(Br)c4c3n2CCC4)CC1. The van der Waals surface area contributed by atoms with Gasteiger partial charge in [-0.1, -0.05) is 15.9 Å². The highest BCUT2D eigenvalue weighted by atomic mass is 79.9. The number of hydrogen-bond acceptors (Lipinski definition) is 3. The predicted molar refractivity (Wildman–Crippen MR) is 85.5 cm³/mol. The molecule has 4 rings (SSSR count). The number of hydrogen-bond donors (Lipinski definition) is 0.